The van der Waals surface area contributed by atoms with Gasteiger partial charge in [-0.25, -0.2) is 9.97 Å². The number of nitrogens with zero attached hydrogens (tertiary/aromatic N) is 2. The van der Waals surface area contributed by atoms with Crippen LogP contribution >= 0.6 is 11.8 Å². The van der Waals surface area contributed by atoms with Crippen LogP contribution in [0.15, 0.2) is 23.6 Å². The van der Waals surface area contributed by atoms with E-state index in [-0.39, 0.29) is 12.1 Å². The fourth-order valence-electron chi connectivity index (χ4n) is 1.96. The molecule has 5 heteroatoms. The normalized spacial score (nSPS) is 14.3. The molecule has 2 N–H and O–H groups in total. The Morgan fingerprint density at radius 3 is 2.63 bits per heavy atom. The topological polar surface area (TPSA) is 58.0 Å². The Morgan fingerprint density at radius 1 is 1.32 bits per heavy atom. The third-order valence-corrected chi connectivity index (χ3v) is 4.26. The van der Waals surface area contributed by atoms with Crippen LogP contribution in [-0.2, 0) is 0 Å². The second-order valence-electron chi connectivity index (χ2n) is 4.70. The quantitative estimate of drug-likeness (QED) is 0.392. The van der Waals surface area contributed by atoms with Crippen molar-refractivity contribution in [2.45, 2.75) is 50.2 Å². The number of rotatable bonds is 10. The fraction of sp³-hybridized carbons (Fsp3) is 0.714. The van der Waals surface area contributed by atoms with Gasteiger partial charge in [0.15, 0.2) is 5.16 Å². The minimum absolute atomic E-state index is 0.117. The third kappa shape index (κ3) is 5.89. The predicted molar refractivity (Wildman–Crippen MR) is 80.4 cm³/mol. The van der Waals surface area contributed by atoms with Crippen molar-refractivity contribution in [3.63, 3.8) is 0 Å². The van der Waals surface area contributed by atoms with E-state index < -0.39 is 0 Å². The standard InChI is InChI=1S/C14H25N3OS/c1-3-8-17-14(4-2,12-18)7-5-11-19-13-15-9-6-10-16-13/h6,9-10,17-18H,3-5,7-8,11-12H2,1-2H3. The number of hydrogen-bond acceptors (Lipinski definition) is 5. The van der Waals surface area contributed by atoms with Gasteiger partial charge < -0.3 is 10.4 Å². The van der Waals surface area contributed by atoms with Gasteiger partial charge in [-0.3, -0.25) is 0 Å². The van der Waals surface area contributed by atoms with Gasteiger partial charge in [-0.15, -0.1) is 0 Å². The van der Waals surface area contributed by atoms with Crippen LogP contribution in [0.5, 0.6) is 0 Å². The van der Waals surface area contributed by atoms with Gasteiger partial charge in [0.05, 0.1) is 6.61 Å². The molecule has 0 amide bonds. The Kier molecular flexibility index (Phi) is 8.02. The van der Waals surface area contributed by atoms with Crippen LogP contribution < -0.4 is 5.32 Å². The number of aromatic nitrogens is 2. The van der Waals surface area contributed by atoms with Gasteiger partial charge in [-0.2, -0.15) is 0 Å². The molecule has 1 heterocycles. The summed E-state index contributed by atoms with van der Waals surface area (Å²) >= 11 is 1.67. The fourth-order valence-corrected chi connectivity index (χ4v) is 2.70. The molecule has 4 nitrogen and oxygen atoms in total. The molecule has 1 atom stereocenters. The molecule has 0 saturated carbocycles. The average Bonchev–Trinajstić information content (AvgIpc) is 2.48. The van der Waals surface area contributed by atoms with Gasteiger partial charge in [0.1, 0.15) is 0 Å². The Bertz CT molecular complexity index is 331. The van der Waals surface area contributed by atoms with E-state index in [0.29, 0.717) is 0 Å². The Hall–Kier alpha value is -0.650. The zero-order valence-corrected chi connectivity index (χ0v) is 12.7. The number of thioether (sulfide) groups is 1. The summed E-state index contributed by atoms with van der Waals surface area (Å²) < 4.78 is 0. The molecular formula is C14H25N3OS. The molecule has 1 rings (SSSR count). The van der Waals surface area contributed by atoms with Crippen molar-refractivity contribution in [3.05, 3.63) is 18.5 Å². The maximum absolute atomic E-state index is 9.63. The summed E-state index contributed by atoms with van der Waals surface area (Å²) in [6.45, 7) is 5.44. The average molecular weight is 283 g/mol. The molecule has 1 aromatic rings. The molecule has 0 spiro atoms. The molecule has 0 fully saturated rings. The van der Waals surface area contributed by atoms with Crippen molar-refractivity contribution in [1.82, 2.24) is 15.3 Å². The van der Waals surface area contributed by atoms with Crippen molar-refractivity contribution < 1.29 is 5.11 Å². The van der Waals surface area contributed by atoms with E-state index in [2.05, 4.69) is 29.1 Å². The van der Waals surface area contributed by atoms with Crippen LogP contribution in [0.3, 0.4) is 0 Å². The zero-order valence-electron chi connectivity index (χ0n) is 11.9. The highest BCUT2D eigenvalue weighted by atomic mass is 32.2. The van der Waals surface area contributed by atoms with Crippen LogP contribution in [0.25, 0.3) is 0 Å². The van der Waals surface area contributed by atoms with Gasteiger partial charge in [-0.1, -0.05) is 25.6 Å². The van der Waals surface area contributed by atoms with Crippen LogP contribution in [-0.4, -0.2) is 39.5 Å². The van der Waals surface area contributed by atoms with Crippen molar-refractivity contribution in [2.75, 3.05) is 18.9 Å². The number of nitrogens with one attached hydrogen (secondary N) is 1. The number of aliphatic hydroxyl groups is 1. The predicted octanol–water partition coefficient (Wildman–Crippen LogP) is 2.49. The lowest BCUT2D eigenvalue weighted by molar-refractivity contribution is 0.146. The Balaban J connectivity index is 2.32. The summed E-state index contributed by atoms with van der Waals surface area (Å²) in [6, 6.07) is 1.83. The Morgan fingerprint density at radius 2 is 2.05 bits per heavy atom. The lowest BCUT2D eigenvalue weighted by Crippen LogP contribution is -2.48. The minimum atomic E-state index is -0.117. The van der Waals surface area contributed by atoms with E-state index >= 15 is 0 Å². The van der Waals surface area contributed by atoms with Gasteiger partial charge in [0, 0.05) is 23.7 Å². The zero-order chi connectivity index (χ0) is 14.0. The number of aliphatic hydroxyl groups excluding tert-OH is 1. The van der Waals surface area contributed by atoms with E-state index in [1.807, 2.05) is 6.07 Å². The van der Waals surface area contributed by atoms with E-state index in [4.69, 9.17) is 0 Å². The van der Waals surface area contributed by atoms with Gasteiger partial charge in [-0.05, 0) is 38.3 Å². The molecule has 0 aliphatic carbocycles. The van der Waals surface area contributed by atoms with E-state index in [1.165, 1.54) is 0 Å². The first kappa shape index (κ1) is 16.4. The summed E-state index contributed by atoms with van der Waals surface area (Å²) in [5.41, 5.74) is -0.117. The Labute approximate surface area is 120 Å². The second-order valence-corrected chi connectivity index (χ2v) is 5.76. The molecular weight excluding hydrogens is 258 g/mol. The smallest absolute Gasteiger partial charge is 0.187 e. The lowest BCUT2D eigenvalue weighted by atomic mass is 9.91. The second kappa shape index (κ2) is 9.28. The van der Waals surface area contributed by atoms with Gasteiger partial charge >= 0.3 is 0 Å². The molecule has 108 valence electrons. The van der Waals surface area contributed by atoms with Crippen LogP contribution in [0.4, 0.5) is 0 Å². The van der Waals surface area contributed by atoms with Crippen LogP contribution in [0, 0.1) is 0 Å². The molecule has 0 bridgehead atoms. The maximum atomic E-state index is 9.63. The molecule has 0 aliphatic rings. The largest absolute Gasteiger partial charge is 0.394 e. The summed E-state index contributed by atoms with van der Waals surface area (Å²) in [4.78, 5) is 8.38. The van der Waals surface area contributed by atoms with E-state index in [9.17, 15) is 5.11 Å². The van der Waals surface area contributed by atoms with Crippen molar-refractivity contribution in [1.29, 1.82) is 0 Å². The first-order valence-corrected chi connectivity index (χ1v) is 8.00. The molecule has 1 aromatic heterocycles. The van der Waals surface area contributed by atoms with Crippen LogP contribution in [0.2, 0.25) is 0 Å². The van der Waals surface area contributed by atoms with Gasteiger partial charge in [0.2, 0.25) is 0 Å². The minimum Gasteiger partial charge on any atom is -0.394 e. The van der Waals surface area contributed by atoms with E-state index in [1.54, 1.807) is 24.2 Å². The monoisotopic (exact) mass is 283 g/mol. The first-order chi connectivity index (χ1) is 9.26. The molecule has 0 saturated heterocycles. The van der Waals surface area contributed by atoms with E-state index in [0.717, 1.165) is 43.1 Å². The van der Waals surface area contributed by atoms with Crippen molar-refractivity contribution >= 4 is 11.8 Å². The SMILES string of the molecule is CCCNC(CC)(CO)CCCSc1ncccn1. The first-order valence-electron chi connectivity index (χ1n) is 7.02. The lowest BCUT2D eigenvalue weighted by Gasteiger charge is -2.32. The summed E-state index contributed by atoms with van der Waals surface area (Å²) in [5, 5.41) is 13.9. The van der Waals surface area contributed by atoms with Crippen molar-refractivity contribution in [3.8, 4) is 0 Å². The summed E-state index contributed by atoms with van der Waals surface area (Å²) in [7, 11) is 0. The summed E-state index contributed by atoms with van der Waals surface area (Å²) in [5.74, 6) is 0.986. The molecule has 0 aliphatic heterocycles. The van der Waals surface area contributed by atoms with Gasteiger partial charge in [0.25, 0.3) is 0 Å². The van der Waals surface area contributed by atoms with Crippen molar-refractivity contribution in [2.24, 2.45) is 0 Å². The molecule has 0 radical (unpaired) electrons. The third-order valence-electron chi connectivity index (χ3n) is 3.30. The highest BCUT2D eigenvalue weighted by Gasteiger charge is 2.25. The molecule has 1 unspecified atom stereocenters. The maximum Gasteiger partial charge on any atom is 0.187 e. The highest BCUT2D eigenvalue weighted by Crippen LogP contribution is 2.20. The summed E-state index contributed by atoms with van der Waals surface area (Å²) in [6.07, 6.45) is 7.61. The number of hydrogen-bond donors (Lipinski definition) is 2. The van der Waals surface area contributed by atoms with Crippen LogP contribution in [0.1, 0.15) is 39.5 Å². The highest BCUT2D eigenvalue weighted by molar-refractivity contribution is 7.99. The molecule has 19 heavy (non-hydrogen) atoms. The molecule has 0 aromatic carbocycles.